The standard InChI is InChI=1S/C8H9ClN2O2S2/c1-2-3-4-5-11-15(12,13)7-6-10-8(9)14-7/h1,6,11H,3-5H2. The number of unbranched alkanes of at least 4 members (excludes halogenated alkanes) is 1. The highest BCUT2D eigenvalue weighted by Crippen LogP contribution is 2.21. The number of terminal acetylenes is 1. The van der Waals surface area contributed by atoms with Gasteiger partial charge in [-0.3, -0.25) is 0 Å². The summed E-state index contributed by atoms with van der Waals surface area (Å²) in [6.45, 7) is 0.321. The van der Waals surface area contributed by atoms with Gasteiger partial charge in [0.15, 0.2) is 8.68 Å². The highest BCUT2D eigenvalue weighted by molar-refractivity contribution is 7.91. The van der Waals surface area contributed by atoms with Crippen LogP contribution < -0.4 is 4.72 Å². The molecular formula is C8H9ClN2O2S2. The van der Waals surface area contributed by atoms with E-state index in [1.54, 1.807) is 0 Å². The second-order valence-corrected chi connectivity index (χ2v) is 6.24. The summed E-state index contributed by atoms with van der Waals surface area (Å²) in [5.74, 6) is 2.43. The number of nitrogens with one attached hydrogen (secondary N) is 1. The molecule has 1 aromatic heterocycles. The van der Waals surface area contributed by atoms with E-state index in [1.165, 1.54) is 6.20 Å². The Labute approximate surface area is 97.7 Å². The van der Waals surface area contributed by atoms with Crippen LogP contribution in [0.25, 0.3) is 0 Å². The van der Waals surface area contributed by atoms with Crippen LogP contribution in [0.2, 0.25) is 4.47 Å². The zero-order valence-corrected chi connectivity index (χ0v) is 10.1. The van der Waals surface area contributed by atoms with E-state index in [4.69, 9.17) is 18.0 Å². The fourth-order valence-electron chi connectivity index (χ4n) is 0.832. The quantitative estimate of drug-likeness (QED) is 0.648. The Kier molecular flexibility index (Phi) is 4.54. The van der Waals surface area contributed by atoms with E-state index in [2.05, 4.69) is 15.6 Å². The van der Waals surface area contributed by atoms with Crippen LogP contribution >= 0.6 is 22.9 Å². The molecule has 1 aromatic rings. The number of rotatable bonds is 5. The molecule has 4 nitrogen and oxygen atoms in total. The number of hydrogen-bond acceptors (Lipinski definition) is 4. The third-order valence-corrected chi connectivity index (χ3v) is 4.55. The molecule has 0 saturated heterocycles. The summed E-state index contributed by atoms with van der Waals surface area (Å²) in [6, 6.07) is 0. The van der Waals surface area contributed by atoms with Gasteiger partial charge in [0, 0.05) is 13.0 Å². The summed E-state index contributed by atoms with van der Waals surface area (Å²) >= 11 is 6.46. The Morgan fingerprint density at radius 2 is 2.40 bits per heavy atom. The first-order chi connectivity index (χ1) is 7.06. The van der Waals surface area contributed by atoms with Crippen molar-refractivity contribution in [1.29, 1.82) is 0 Å². The van der Waals surface area contributed by atoms with Gasteiger partial charge in [0.25, 0.3) is 10.0 Å². The molecule has 15 heavy (non-hydrogen) atoms. The summed E-state index contributed by atoms with van der Waals surface area (Å²) in [4.78, 5) is 3.66. The minimum atomic E-state index is -3.47. The molecule has 0 bridgehead atoms. The predicted octanol–water partition coefficient (Wildman–Crippen LogP) is 1.49. The third kappa shape index (κ3) is 3.80. The molecule has 0 amide bonds. The first-order valence-electron chi connectivity index (χ1n) is 4.11. The zero-order valence-electron chi connectivity index (χ0n) is 7.73. The number of aromatic nitrogens is 1. The van der Waals surface area contributed by atoms with Crippen LogP contribution in [0.3, 0.4) is 0 Å². The van der Waals surface area contributed by atoms with Crippen LogP contribution in [0.4, 0.5) is 0 Å². The van der Waals surface area contributed by atoms with Crippen molar-refractivity contribution in [2.24, 2.45) is 0 Å². The fourth-order valence-corrected chi connectivity index (χ4v) is 3.24. The van der Waals surface area contributed by atoms with E-state index < -0.39 is 10.0 Å². The topological polar surface area (TPSA) is 59.1 Å². The van der Waals surface area contributed by atoms with Crippen molar-refractivity contribution < 1.29 is 8.42 Å². The lowest BCUT2D eigenvalue weighted by Crippen LogP contribution is -2.23. The second kappa shape index (κ2) is 5.47. The van der Waals surface area contributed by atoms with Gasteiger partial charge in [-0.05, 0) is 6.42 Å². The molecule has 1 N–H and O–H groups in total. The normalized spacial score (nSPS) is 11.2. The van der Waals surface area contributed by atoms with Crippen molar-refractivity contribution in [1.82, 2.24) is 9.71 Å². The first-order valence-corrected chi connectivity index (χ1v) is 6.78. The van der Waals surface area contributed by atoms with E-state index >= 15 is 0 Å². The maximum absolute atomic E-state index is 11.6. The largest absolute Gasteiger partial charge is 0.251 e. The average molecular weight is 265 g/mol. The van der Waals surface area contributed by atoms with Gasteiger partial charge in [-0.1, -0.05) is 22.9 Å². The van der Waals surface area contributed by atoms with E-state index in [-0.39, 0.29) is 8.68 Å². The molecular weight excluding hydrogens is 256 g/mol. The van der Waals surface area contributed by atoms with Crippen molar-refractivity contribution in [3.8, 4) is 12.3 Å². The van der Waals surface area contributed by atoms with Gasteiger partial charge in [0.1, 0.15) is 0 Å². The van der Waals surface area contributed by atoms with Gasteiger partial charge in [-0.25, -0.2) is 18.1 Å². The number of hydrogen-bond donors (Lipinski definition) is 1. The maximum atomic E-state index is 11.6. The SMILES string of the molecule is C#CCCCNS(=O)(=O)c1cnc(Cl)s1. The van der Waals surface area contributed by atoms with Crippen molar-refractivity contribution in [2.45, 2.75) is 17.1 Å². The minimum Gasteiger partial charge on any atom is -0.232 e. The molecule has 1 heterocycles. The van der Waals surface area contributed by atoms with Crippen LogP contribution in [0.5, 0.6) is 0 Å². The van der Waals surface area contributed by atoms with Gasteiger partial charge in [-0.15, -0.1) is 12.3 Å². The Bertz CT molecular complexity index is 461. The van der Waals surface area contributed by atoms with Gasteiger partial charge < -0.3 is 0 Å². The summed E-state index contributed by atoms with van der Waals surface area (Å²) in [5.41, 5.74) is 0. The van der Waals surface area contributed by atoms with Gasteiger partial charge in [0.05, 0.1) is 6.20 Å². The van der Waals surface area contributed by atoms with Crippen LogP contribution in [0, 0.1) is 12.3 Å². The summed E-state index contributed by atoms with van der Waals surface area (Å²) in [6.07, 6.45) is 7.43. The number of halogens is 1. The molecule has 0 atom stereocenters. The highest BCUT2D eigenvalue weighted by atomic mass is 35.5. The molecule has 0 aromatic carbocycles. The van der Waals surface area contributed by atoms with Crippen LogP contribution in [0.15, 0.2) is 10.4 Å². The summed E-state index contributed by atoms with van der Waals surface area (Å²) in [7, 11) is -3.47. The lowest BCUT2D eigenvalue weighted by Gasteiger charge is -2.01. The Balaban J connectivity index is 2.57. The number of sulfonamides is 1. The predicted molar refractivity (Wildman–Crippen MR) is 60.4 cm³/mol. The average Bonchev–Trinajstić information content (AvgIpc) is 2.60. The van der Waals surface area contributed by atoms with Crippen LogP contribution in [0.1, 0.15) is 12.8 Å². The molecule has 0 radical (unpaired) electrons. The molecule has 0 saturated carbocycles. The molecule has 0 fully saturated rings. The van der Waals surface area contributed by atoms with Crippen molar-refractivity contribution in [3.63, 3.8) is 0 Å². The fraction of sp³-hybridized carbons (Fsp3) is 0.375. The van der Waals surface area contributed by atoms with Crippen molar-refractivity contribution >= 4 is 33.0 Å². The molecule has 0 unspecified atom stereocenters. The number of nitrogens with zero attached hydrogens (tertiary/aromatic N) is 1. The van der Waals surface area contributed by atoms with E-state index in [9.17, 15) is 8.42 Å². The lowest BCUT2D eigenvalue weighted by molar-refractivity contribution is 0.581. The Morgan fingerprint density at radius 1 is 1.67 bits per heavy atom. The second-order valence-electron chi connectivity index (χ2n) is 2.64. The molecule has 0 aliphatic rings. The van der Waals surface area contributed by atoms with Crippen molar-refractivity contribution in [2.75, 3.05) is 6.54 Å². The monoisotopic (exact) mass is 264 g/mol. The van der Waals surface area contributed by atoms with E-state index in [0.29, 0.717) is 19.4 Å². The Morgan fingerprint density at radius 3 is 2.93 bits per heavy atom. The van der Waals surface area contributed by atoms with Gasteiger partial charge >= 0.3 is 0 Å². The molecule has 0 aliphatic heterocycles. The smallest absolute Gasteiger partial charge is 0.232 e. The Hall–Kier alpha value is -0.610. The van der Waals surface area contributed by atoms with E-state index in [1.807, 2.05) is 0 Å². The van der Waals surface area contributed by atoms with Crippen molar-refractivity contribution in [3.05, 3.63) is 10.7 Å². The number of thiazole rings is 1. The van der Waals surface area contributed by atoms with E-state index in [0.717, 1.165) is 11.3 Å². The first kappa shape index (κ1) is 12.5. The zero-order chi connectivity index (χ0) is 11.3. The molecule has 1 rings (SSSR count). The molecule has 0 aliphatic carbocycles. The van der Waals surface area contributed by atoms with Gasteiger partial charge in [0.2, 0.25) is 0 Å². The lowest BCUT2D eigenvalue weighted by atomic mass is 10.3. The maximum Gasteiger partial charge on any atom is 0.251 e. The molecule has 82 valence electrons. The van der Waals surface area contributed by atoms with Crippen LogP contribution in [-0.2, 0) is 10.0 Å². The third-order valence-electron chi connectivity index (χ3n) is 1.51. The summed E-state index contributed by atoms with van der Waals surface area (Å²) < 4.78 is 25.9. The molecule has 0 spiro atoms. The van der Waals surface area contributed by atoms with Gasteiger partial charge in [-0.2, -0.15) is 0 Å². The highest BCUT2D eigenvalue weighted by Gasteiger charge is 2.16. The van der Waals surface area contributed by atoms with Crippen LogP contribution in [-0.4, -0.2) is 19.9 Å². The molecule has 7 heteroatoms. The minimum absolute atomic E-state index is 0.119. The summed E-state index contributed by atoms with van der Waals surface area (Å²) in [5, 5.41) is 0.